The molecule has 2 aromatic rings. The Morgan fingerprint density at radius 3 is 2.62 bits per heavy atom. The first kappa shape index (κ1) is 20.6. The van der Waals surface area contributed by atoms with Crippen LogP contribution < -0.4 is 10.1 Å². The lowest BCUT2D eigenvalue weighted by Crippen LogP contribution is -2.26. The number of nitrogens with one attached hydrogen (secondary N) is 1. The number of amides is 1. The molecular weight excluding hydrogens is 385 g/mol. The molecule has 26 heavy (non-hydrogen) atoms. The highest BCUT2D eigenvalue weighted by Gasteiger charge is 2.31. The van der Waals surface area contributed by atoms with E-state index in [1.54, 1.807) is 30.0 Å². The lowest BCUT2D eigenvalue weighted by molar-refractivity contribution is -0.274. The zero-order chi connectivity index (χ0) is 19.2. The lowest BCUT2D eigenvalue weighted by atomic mass is 10.1. The van der Waals surface area contributed by atoms with Gasteiger partial charge >= 0.3 is 6.36 Å². The van der Waals surface area contributed by atoms with Crippen molar-refractivity contribution < 1.29 is 22.7 Å². The number of aryl methyl sites for hydroxylation is 1. The predicted molar refractivity (Wildman–Crippen MR) is 97.3 cm³/mol. The van der Waals surface area contributed by atoms with Crippen molar-refractivity contribution in [2.75, 3.05) is 5.75 Å². The number of alkyl halides is 3. The van der Waals surface area contributed by atoms with Crippen molar-refractivity contribution in [3.63, 3.8) is 0 Å². The zero-order valence-electron chi connectivity index (χ0n) is 14.3. The van der Waals surface area contributed by atoms with Gasteiger partial charge in [0.25, 0.3) is 0 Å². The van der Waals surface area contributed by atoms with Crippen molar-refractivity contribution in [1.29, 1.82) is 0 Å². The van der Waals surface area contributed by atoms with Crippen molar-refractivity contribution in [2.24, 2.45) is 0 Å². The molecule has 1 N–H and O–H groups in total. The number of halogens is 3. The fourth-order valence-electron chi connectivity index (χ4n) is 2.17. The Bertz CT molecular complexity index is 718. The van der Waals surface area contributed by atoms with E-state index in [2.05, 4.69) is 15.0 Å². The van der Waals surface area contributed by atoms with Crippen LogP contribution in [0.15, 0.2) is 29.6 Å². The summed E-state index contributed by atoms with van der Waals surface area (Å²) in [5.41, 5.74) is 1.73. The van der Waals surface area contributed by atoms with Crippen LogP contribution in [0.2, 0.25) is 0 Å². The number of hydrogen-bond acceptors (Lipinski definition) is 5. The normalized spacial score (nSPS) is 12.7. The highest BCUT2D eigenvalue weighted by Crippen LogP contribution is 2.24. The summed E-state index contributed by atoms with van der Waals surface area (Å²) in [6, 6.07) is 5.18. The second kappa shape index (κ2) is 9.27. The average molecular weight is 404 g/mol. The second-order valence-corrected chi connectivity index (χ2v) is 7.73. The number of nitrogens with zero attached hydrogens (tertiary/aromatic N) is 1. The quantitative estimate of drug-likeness (QED) is 0.639. The standard InChI is InChI=1S/C17H19F3N2O2S2/c1-11(13-3-5-15(6-4-13)24-17(18,19)20)21-16(23)7-8-25-9-14-10-26-12(2)22-14/h3-6,10-11H,7-9H2,1-2H3,(H,21,23)/t11-/m1/s1. The van der Waals surface area contributed by atoms with Gasteiger partial charge in [-0.15, -0.1) is 24.5 Å². The minimum Gasteiger partial charge on any atom is -0.406 e. The van der Waals surface area contributed by atoms with E-state index in [1.807, 2.05) is 12.3 Å². The van der Waals surface area contributed by atoms with Gasteiger partial charge in [-0.1, -0.05) is 12.1 Å². The predicted octanol–water partition coefficient (Wildman–Crippen LogP) is 4.85. The molecule has 0 aliphatic rings. The Morgan fingerprint density at radius 1 is 1.35 bits per heavy atom. The smallest absolute Gasteiger partial charge is 0.406 e. The van der Waals surface area contributed by atoms with Crippen molar-refractivity contribution in [3.8, 4) is 5.75 Å². The summed E-state index contributed by atoms with van der Waals surface area (Å²) >= 11 is 3.24. The largest absolute Gasteiger partial charge is 0.573 e. The van der Waals surface area contributed by atoms with Crippen LogP contribution in [-0.4, -0.2) is 23.0 Å². The van der Waals surface area contributed by atoms with Crippen LogP contribution in [-0.2, 0) is 10.5 Å². The Labute approximate surface area is 158 Å². The van der Waals surface area contributed by atoms with Crippen LogP contribution in [0, 0.1) is 6.92 Å². The molecule has 1 aromatic carbocycles. The van der Waals surface area contributed by atoms with Gasteiger partial charge in [-0.05, 0) is 31.5 Å². The molecule has 1 atom stereocenters. The summed E-state index contributed by atoms with van der Waals surface area (Å²) in [6.45, 7) is 3.73. The van der Waals surface area contributed by atoms with E-state index >= 15 is 0 Å². The van der Waals surface area contributed by atoms with Crippen LogP contribution in [0.25, 0.3) is 0 Å². The van der Waals surface area contributed by atoms with Crippen LogP contribution in [0.5, 0.6) is 5.75 Å². The fourth-order valence-corrected chi connectivity index (χ4v) is 3.72. The minimum atomic E-state index is -4.71. The van der Waals surface area contributed by atoms with E-state index in [0.717, 1.165) is 16.5 Å². The Kier molecular flexibility index (Phi) is 7.33. The maximum atomic E-state index is 12.1. The molecule has 2 rings (SSSR count). The van der Waals surface area contributed by atoms with E-state index in [9.17, 15) is 18.0 Å². The number of carbonyl (C=O) groups is 1. The van der Waals surface area contributed by atoms with E-state index < -0.39 is 6.36 Å². The van der Waals surface area contributed by atoms with Crippen LogP contribution in [0.1, 0.15) is 35.7 Å². The van der Waals surface area contributed by atoms with Gasteiger partial charge in [0, 0.05) is 23.3 Å². The summed E-state index contributed by atoms with van der Waals surface area (Å²) in [6.07, 6.45) is -4.34. The molecule has 0 aliphatic carbocycles. The first-order chi connectivity index (χ1) is 12.2. The first-order valence-electron chi connectivity index (χ1n) is 7.87. The Hall–Kier alpha value is -1.74. The molecule has 0 saturated heterocycles. The summed E-state index contributed by atoms with van der Waals surface area (Å²) in [4.78, 5) is 16.3. The lowest BCUT2D eigenvalue weighted by Gasteiger charge is -2.15. The van der Waals surface area contributed by atoms with E-state index in [4.69, 9.17) is 0 Å². The number of carbonyl (C=O) groups excluding carboxylic acids is 1. The monoisotopic (exact) mass is 404 g/mol. The molecule has 0 radical (unpaired) electrons. The number of thiazole rings is 1. The zero-order valence-corrected chi connectivity index (χ0v) is 15.9. The summed E-state index contributed by atoms with van der Waals surface area (Å²) in [5, 5.41) is 5.88. The van der Waals surface area contributed by atoms with Crippen LogP contribution in [0.4, 0.5) is 13.2 Å². The number of hydrogen-bond donors (Lipinski definition) is 1. The number of ether oxygens (including phenoxy) is 1. The molecule has 1 heterocycles. The molecule has 0 spiro atoms. The fraction of sp³-hybridized carbons (Fsp3) is 0.412. The minimum absolute atomic E-state index is 0.102. The third-order valence-corrected chi connectivity index (χ3v) is 5.20. The van der Waals surface area contributed by atoms with Crippen molar-refractivity contribution in [3.05, 3.63) is 45.9 Å². The molecule has 142 valence electrons. The number of aromatic nitrogens is 1. The van der Waals surface area contributed by atoms with Gasteiger partial charge < -0.3 is 10.1 Å². The molecule has 0 saturated carbocycles. The Morgan fingerprint density at radius 2 is 2.04 bits per heavy atom. The molecule has 0 bridgehead atoms. The number of thioether (sulfide) groups is 1. The van der Waals surface area contributed by atoms with Gasteiger partial charge in [-0.2, -0.15) is 11.8 Å². The van der Waals surface area contributed by atoms with Crippen LogP contribution in [0.3, 0.4) is 0 Å². The highest BCUT2D eigenvalue weighted by molar-refractivity contribution is 7.98. The summed E-state index contributed by atoms with van der Waals surface area (Å²) in [5.74, 6) is 1.06. The third-order valence-electron chi connectivity index (χ3n) is 3.38. The molecule has 1 amide bonds. The van der Waals surface area contributed by atoms with E-state index in [-0.39, 0.29) is 17.7 Å². The maximum absolute atomic E-state index is 12.1. The van der Waals surface area contributed by atoms with Gasteiger partial charge in [-0.25, -0.2) is 4.98 Å². The second-order valence-electron chi connectivity index (χ2n) is 5.57. The molecule has 9 heteroatoms. The SMILES string of the molecule is Cc1nc(CSCCC(=O)N[C@H](C)c2ccc(OC(F)(F)F)cc2)cs1. The number of benzene rings is 1. The highest BCUT2D eigenvalue weighted by atomic mass is 32.2. The summed E-state index contributed by atoms with van der Waals surface area (Å²) < 4.78 is 40.3. The van der Waals surface area contributed by atoms with Gasteiger partial charge in [0.1, 0.15) is 5.75 Å². The van der Waals surface area contributed by atoms with Crippen molar-refractivity contribution in [2.45, 2.75) is 38.4 Å². The van der Waals surface area contributed by atoms with Crippen molar-refractivity contribution >= 4 is 29.0 Å². The number of rotatable bonds is 8. The first-order valence-corrected chi connectivity index (χ1v) is 9.90. The van der Waals surface area contributed by atoms with Crippen molar-refractivity contribution in [1.82, 2.24) is 10.3 Å². The molecule has 4 nitrogen and oxygen atoms in total. The third kappa shape index (κ3) is 7.25. The molecule has 0 aliphatic heterocycles. The van der Waals surface area contributed by atoms with E-state index in [1.165, 1.54) is 24.3 Å². The van der Waals surface area contributed by atoms with Gasteiger partial charge in [0.2, 0.25) is 5.91 Å². The Balaban J connectivity index is 1.72. The topological polar surface area (TPSA) is 51.2 Å². The molecular formula is C17H19F3N2O2S2. The summed E-state index contributed by atoms with van der Waals surface area (Å²) in [7, 11) is 0. The maximum Gasteiger partial charge on any atom is 0.573 e. The van der Waals surface area contributed by atoms with Gasteiger partial charge in [-0.3, -0.25) is 4.79 Å². The molecule has 0 unspecified atom stereocenters. The van der Waals surface area contributed by atoms with E-state index in [0.29, 0.717) is 17.7 Å². The average Bonchev–Trinajstić information content (AvgIpc) is 2.96. The van der Waals surface area contributed by atoms with Gasteiger partial charge in [0.05, 0.1) is 16.7 Å². The molecule has 1 aromatic heterocycles. The van der Waals surface area contributed by atoms with Gasteiger partial charge in [0.15, 0.2) is 0 Å². The van der Waals surface area contributed by atoms with Crippen LogP contribution >= 0.6 is 23.1 Å². The molecule has 0 fully saturated rings.